The first-order valence-electron chi connectivity index (χ1n) is 7.05. The highest BCUT2D eigenvalue weighted by molar-refractivity contribution is 8.03. The zero-order valence-corrected chi connectivity index (χ0v) is 13.8. The van der Waals surface area contributed by atoms with Gasteiger partial charge in [-0.05, 0) is 35.7 Å². The second kappa shape index (κ2) is 4.96. The summed E-state index contributed by atoms with van der Waals surface area (Å²) in [6.07, 6.45) is 1.68. The quantitative estimate of drug-likeness (QED) is 0.840. The number of nitriles is 1. The van der Waals surface area contributed by atoms with Crippen molar-refractivity contribution in [2.75, 3.05) is 0 Å². The maximum Gasteiger partial charge on any atom is 0.129 e. The maximum absolute atomic E-state index is 9.60. The van der Waals surface area contributed by atoms with E-state index in [9.17, 15) is 5.26 Å². The molecule has 0 fully saturated rings. The van der Waals surface area contributed by atoms with E-state index < -0.39 is 0 Å². The van der Waals surface area contributed by atoms with Crippen molar-refractivity contribution in [2.45, 2.75) is 44.1 Å². The molecule has 0 saturated carbocycles. The SMILES string of the molecule is Cc1[nH]nc2c1[C@H](c1occc1C(C)(C)C)C(C#N)=C(N)S2. The molecule has 3 N–H and O–H groups in total. The smallest absolute Gasteiger partial charge is 0.129 e. The normalized spacial score (nSPS) is 18.2. The number of aromatic nitrogens is 2. The van der Waals surface area contributed by atoms with Crippen LogP contribution in [0.4, 0.5) is 0 Å². The molecule has 3 rings (SSSR count). The van der Waals surface area contributed by atoms with Gasteiger partial charge in [0, 0.05) is 11.3 Å². The van der Waals surface area contributed by atoms with Gasteiger partial charge in [-0.1, -0.05) is 20.8 Å². The second-order valence-electron chi connectivity index (χ2n) is 6.44. The lowest BCUT2D eigenvalue weighted by molar-refractivity contribution is 0.476. The first-order chi connectivity index (χ1) is 10.3. The summed E-state index contributed by atoms with van der Waals surface area (Å²) >= 11 is 1.33. The van der Waals surface area contributed by atoms with Crippen molar-refractivity contribution in [2.24, 2.45) is 5.73 Å². The minimum Gasteiger partial charge on any atom is -0.468 e. The van der Waals surface area contributed by atoms with E-state index in [0.717, 1.165) is 27.6 Å². The van der Waals surface area contributed by atoms with Gasteiger partial charge in [0.15, 0.2) is 0 Å². The molecule has 5 nitrogen and oxygen atoms in total. The second-order valence-corrected chi connectivity index (χ2v) is 7.47. The zero-order valence-electron chi connectivity index (χ0n) is 13.0. The van der Waals surface area contributed by atoms with Gasteiger partial charge in [-0.3, -0.25) is 5.10 Å². The Morgan fingerprint density at radius 3 is 2.82 bits per heavy atom. The summed E-state index contributed by atoms with van der Waals surface area (Å²) in [6, 6.07) is 4.23. The number of fused-ring (bicyclic) bond motifs is 1. The molecule has 2 aromatic rings. The summed E-state index contributed by atoms with van der Waals surface area (Å²) in [4.78, 5) is 0. The van der Waals surface area contributed by atoms with Gasteiger partial charge in [0.1, 0.15) is 10.8 Å². The number of H-pyrrole nitrogens is 1. The van der Waals surface area contributed by atoms with Crippen molar-refractivity contribution >= 4 is 11.8 Å². The molecule has 1 aliphatic rings. The molecule has 1 aliphatic heterocycles. The first kappa shape index (κ1) is 14.8. The van der Waals surface area contributed by atoms with Gasteiger partial charge in [0.05, 0.1) is 28.9 Å². The number of rotatable bonds is 1. The van der Waals surface area contributed by atoms with Gasteiger partial charge < -0.3 is 10.2 Å². The van der Waals surface area contributed by atoms with Crippen molar-refractivity contribution < 1.29 is 4.42 Å². The lowest BCUT2D eigenvalue weighted by atomic mass is 9.80. The van der Waals surface area contributed by atoms with Crippen LogP contribution in [0.1, 0.15) is 49.3 Å². The van der Waals surface area contributed by atoms with Gasteiger partial charge in [-0.2, -0.15) is 10.4 Å². The molecule has 6 heteroatoms. The molecule has 0 spiro atoms. The minimum absolute atomic E-state index is 0.0833. The molecule has 0 radical (unpaired) electrons. The predicted octanol–water partition coefficient (Wildman–Crippen LogP) is 3.54. The molecule has 0 bridgehead atoms. The number of nitrogens with one attached hydrogen (secondary N) is 1. The summed E-state index contributed by atoms with van der Waals surface area (Å²) in [5.74, 6) is 0.474. The fraction of sp³-hybridized carbons (Fsp3) is 0.375. The Labute approximate surface area is 133 Å². The van der Waals surface area contributed by atoms with Gasteiger partial charge in [-0.25, -0.2) is 0 Å². The molecule has 0 amide bonds. The van der Waals surface area contributed by atoms with Crippen LogP contribution in [-0.2, 0) is 5.41 Å². The van der Waals surface area contributed by atoms with Crippen LogP contribution in [0.3, 0.4) is 0 Å². The highest BCUT2D eigenvalue weighted by atomic mass is 32.2. The topological polar surface area (TPSA) is 91.6 Å². The Hall–Kier alpha value is -2.13. The summed E-state index contributed by atoms with van der Waals surface area (Å²) in [5.41, 5.74) is 9.54. The third-order valence-electron chi connectivity index (χ3n) is 3.89. The Balaban J connectivity index is 2.27. The summed E-state index contributed by atoms with van der Waals surface area (Å²) < 4.78 is 5.80. The lowest BCUT2D eigenvalue weighted by Gasteiger charge is -2.26. The standard InChI is InChI=1S/C16H18N4OS/c1-8-11-12(13-10(5-6-21-13)16(2,3)4)9(7-17)14(18)22-15(11)20-19-8/h5-6,12H,18H2,1-4H3,(H,19,20)/t12-/m1/s1. The number of allylic oxidation sites excluding steroid dienone is 1. The highest BCUT2D eigenvalue weighted by Gasteiger charge is 2.37. The van der Waals surface area contributed by atoms with E-state index >= 15 is 0 Å². The highest BCUT2D eigenvalue weighted by Crippen LogP contribution is 2.48. The Morgan fingerprint density at radius 2 is 2.18 bits per heavy atom. The van der Waals surface area contributed by atoms with Crippen LogP contribution in [-0.4, -0.2) is 10.2 Å². The van der Waals surface area contributed by atoms with Crippen LogP contribution in [0.15, 0.2) is 32.4 Å². The molecule has 2 aromatic heterocycles. The maximum atomic E-state index is 9.60. The van der Waals surface area contributed by atoms with E-state index in [1.807, 2.05) is 13.0 Å². The van der Waals surface area contributed by atoms with Gasteiger partial charge in [0.2, 0.25) is 0 Å². The van der Waals surface area contributed by atoms with Crippen LogP contribution in [0.5, 0.6) is 0 Å². The number of nitrogens with zero attached hydrogens (tertiary/aromatic N) is 2. The number of aromatic amines is 1. The minimum atomic E-state index is -0.302. The number of aryl methyl sites for hydroxylation is 1. The molecule has 0 aromatic carbocycles. The van der Waals surface area contributed by atoms with E-state index in [4.69, 9.17) is 10.2 Å². The van der Waals surface area contributed by atoms with Crippen molar-refractivity contribution in [3.8, 4) is 6.07 Å². The molecule has 0 saturated heterocycles. The number of furan rings is 1. The molecule has 0 aliphatic carbocycles. The third kappa shape index (κ3) is 2.13. The largest absolute Gasteiger partial charge is 0.468 e. The lowest BCUT2D eigenvalue weighted by Crippen LogP contribution is -2.19. The summed E-state index contributed by atoms with van der Waals surface area (Å²) in [6.45, 7) is 8.33. The Morgan fingerprint density at radius 1 is 1.45 bits per heavy atom. The van der Waals surface area contributed by atoms with Gasteiger partial charge >= 0.3 is 0 Å². The molecular weight excluding hydrogens is 296 g/mol. The number of nitrogens with two attached hydrogens (primary N) is 1. The third-order valence-corrected chi connectivity index (χ3v) is 4.84. The summed E-state index contributed by atoms with van der Waals surface area (Å²) in [7, 11) is 0. The van der Waals surface area contributed by atoms with Crippen LogP contribution in [0.2, 0.25) is 0 Å². The van der Waals surface area contributed by atoms with Crippen molar-refractivity contribution in [1.82, 2.24) is 10.2 Å². The molecule has 3 heterocycles. The van der Waals surface area contributed by atoms with E-state index in [0.29, 0.717) is 10.6 Å². The fourth-order valence-electron chi connectivity index (χ4n) is 2.82. The van der Waals surface area contributed by atoms with Crippen LogP contribution in [0.25, 0.3) is 0 Å². The fourth-order valence-corrected chi connectivity index (χ4v) is 3.78. The van der Waals surface area contributed by atoms with Crippen molar-refractivity contribution in [3.63, 3.8) is 0 Å². The van der Waals surface area contributed by atoms with Crippen LogP contribution < -0.4 is 5.73 Å². The van der Waals surface area contributed by atoms with Gasteiger partial charge in [0.25, 0.3) is 0 Å². The number of hydrogen-bond donors (Lipinski definition) is 2. The van der Waals surface area contributed by atoms with Crippen LogP contribution >= 0.6 is 11.8 Å². The number of hydrogen-bond acceptors (Lipinski definition) is 5. The average Bonchev–Trinajstić information content (AvgIpc) is 3.04. The van der Waals surface area contributed by atoms with E-state index in [-0.39, 0.29) is 11.3 Å². The average molecular weight is 314 g/mol. The Bertz CT molecular complexity index is 801. The van der Waals surface area contributed by atoms with Gasteiger partial charge in [-0.15, -0.1) is 0 Å². The predicted molar refractivity (Wildman–Crippen MR) is 85.3 cm³/mol. The zero-order chi connectivity index (χ0) is 16.1. The summed E-state index contributed by atoms with van der Waals surface area (Å²) in [5, 5.41) is 18.2. The van der Waals surface area contributed by atoms with E-state index in [2.05, 4.69) is 37.0 Å². The monoisotopic (exact) mass is 314 g/mol. The molecule has 1 atom stereocenters. The molecule has 114 valence electrons. The Kier molecular flexibility index (Phi) is 3.33. The molecular formula is C16H18N4OS. The molecule has 22 heavy (non-hydrogen) atoms. The molecule has 0 unspecified atom stereocenters. The van der Waals surface area contributed by atoms with E-state index in [1.165, 1.54) is 11.8 Å². The van der Waals surface area contributed by atoms with Crippen molar-refractivity contribution in [3.05, 3.63) is 45.5 Å². The van der Waals surface area contributed by atoms with E-state index in [1.54, 1.807) is 6.26 Å². The first-order valence-corrected chi connectivity index (χ1v) is 7.86. The van der Waals surface area contributed by atoms with Crippen molar-refractivity contribution in [1.29, 1.82) is 5.26 Å². The van der Waals surface area contributed by atoms with Crippen LogP contribution in [0, 0.1) is 18.3 Å². The number of thioether (sulfide) groups is 1.